The lowest BCUT2D eigenvalue weighted by atomic mass is 10.2. The molecule has 242 valence electrons. The quantitative estimate of drug-likeness (QED) is 0.0580. The molecule has 1 aromatic rings. The van der Waals surface area contributed by atoms with Crippen molar-refractivity contribution >= 4 is 96.1 Å². The van der Waals surface area contributed by atoms with Gasteiger partial charge in [0.15, 0.2) is 0 Å². The Labute approximate surface area is 285 Å². The molecule has 1 rings (SSSR count). The zero-order valence-electron chi connectivity index (χ0n) is 26.1. The van der Waals surface area contributed by atoms with Crippen LogP contribution in [-0.2, 0) is 38.1 Å². The van der Waals surface area contributed by atoms with Crippen molar-refractivity contribution in [3.8, 4) is 0 Å². The van der Waals surface area contributed by atoms with E-state index in [-0.39, 0.29) is 0 Å². The van der Waals surface area contributed by atoms with Crippen LogP contribution in [0.5, 0.6) is 0 Å². The fraction of sp³-hybridized carbons (Fsp3) is 0.714. The molecule has 0 radical (unpaired) electrons. The normalized spacial score (nSPS) is 12.1. The molecule has 0 fully saturated rings. The van der Waals surface area contributed by atoms with Crippen molar-refractivity contribution < 1.29 is 26.6 Å². The fourth-order valence-electron chi connectivity index (χ4n) is 3.99. The molecule has 0 heterocycles. The van der Waals surface area contributed by atoms with Crippen LogP contribution in [0.2, 0.25) is 12.1 Å². The summed E-state index contributed by atoms with van der Waals surface area (Å²) in [5, 5.41) is 0. The number of rotatable bonds is 24. The zero-order valence-corrected chi connectivity index (χ0v) is 33.0. The maximum absolute atomic E-state index is 5.94. The lowest BCUT2D eigenvalue weighted by molar-refractivity contribution is 0.0704. The van der Waals surface area contributed by atoms with Gasteiger partial charge in [-0.05, 0) is 77.0 Å². The average molecular weight is 731 g/mol. The second-order valence-electron chi connectivity index (χ2n) is 8.76. The van der Waals surface area contributed by atoms with E-state index >= 15 is 0 Å². The van der Waals surface area contributed by atoms with Crippen LogP contribution in [0.1, 0.15) is 65.5 Å². The Morgan fingerprint density at radius 1 is 0.524 bits per heavy atom. The second-order valence-corrected chi connectivity index (χ2v) is 20.8. The van der Waals surface area contributed by atoms with E-state index in [1.807, 2.05) is 41.5 Å². The second kappa shape index (κ2) is 25.1. The highest BCUT2D eigenvalue weighted by Gasteiger charge is 2.40. The molecule has 0 aliphatic heterocycles. The molecule has 0 atom stereocenters. The smallest absolute Gasteiger partial charge is 0.374 e. The number of benzene rings is 1. The van der Waals surface area contributed by atoms with Crippen LogP contribution in [0.15, 0.2) is 24.3 Å². The minimum Gasteiger partial charge on any atom is -0.374 e. The highest BCUT2D eigenvalue weighted by Crippen LogP contribution is 2.27. The Hall–Kier alpha value is 0.994. The maximum Gasteiger partial charge on any atom is 0.500 e. The van der Waals surface area contributed by atoms with Gasteiger partial charge in [-0.2, -0.15) is 0 Å². The van der Waals surface area contributed by atoms with Gasteiger partial charge in [0, 0.05) is 63.2 Å². The first-order valence-electron chi connectivity index (χ1n) is 14.8. The molecule has 0 aromatic heterocycles. The van der Waals surface area contributed by atoms with Crippen molar-refractivity contribution in [3.63, 3.8) is 0 Å². The van der Waals surface area contributed by atoms with Crippen LogP contribution in [0, 0.1) is 0 Å². The van der Waals surface area contributed by atoms with Crippen LogP contribution in [0.25, 0.3) is 0 Å². The molecule has 0 unspecified atom stereocenters. The molecule has 0 saturated carbocycles. The van der Waals surface area contributed by atoms with Gasteiger partial charge in [0.2, 0.25) is 0 Å². The van der Waals surface area contributed by atoms with E-state index in [0.29, 0.717) is 39.6 Å². The molecule has 1 aromatic carbocycles. The molecule has 0 aliphatic rings. The van der Waals surface area contributed by atoms with Gasteiger partial charge in [-0.15, -0.1) is 47.0 Å². The number of thiocarbonyl (C=S) groups is 2. The van der Waals surface area contributed by atoms with E-state index in [4.69, 9.17) is 51.0 Å². The zero-order chi connectivity index (χ0) is 31.1. The third kappa shape index (κ3) is 17.6. The Morgan fingerprint density at radius 3 is 1.07 bits per heavy atom. The molecule has 6 nitrogen and oxygen atoms in total. The molecule has 0 spiro atoms. The average Bonchev–Trinajstić information content (AvgIpc) is 2.97. The molecule has 42 heavy (non-hydrogen) atoms. The third-order valence-electron chi connectivity index (χ3n) is 5.62. The van der Waals surface area contributed by atoms with Gasteiger partial charge in [-0.3, -0.25) is 0 Å². The number of thioether (sulfide) groups is 4. The Kier molecular flexibility index (Phi) is 24.5. The molecule has 0 N–H and O–H groups in total. The van der Waals surface area contributed by atoms with Crippen molar-refractivity contribution in [2.24, 2.45) is 0 Å². The summed E-state index contributed by atoms with van der Waals surface area (Å²) in [7, 11) is -5.14. The first-order chi connectivity index (χ1) is 20.3. The summed E-state index contributed by atoms with van der Waals surface area (Å²) in [6.45, 7) is 15.6. The minimum atomic E-state index is -2.57. The molecule has 0 amide bonds. The monoisotopic (exact) mass is 730 g/mol. The number of hydrogen-bond acceptors (Lipinski definition) is 12. The largest absolute Gasteiger partial charge is 0.500 e. The number of hydrogen-bond donors (Lipinski definition) is 0. The summed E-state index contributed by atoms with van der Waals surface area (Å²) in [5.74, 6) is 3.63. The van der Waals surface area contributed by atoms with Gasteiger partial charge in [-0.25, -0.2) is 0 Å². The predicted molar refractivity (Wildman–Crippen MR) is 199 cm³/mol. The van der Waals surface area contributed by atoms with Gasteiger partial charge < -0.3 is 26.6 Å². The van der Waals surface area contributed by atoms with Crippen molar-refractivity contribution in [2.75, 3.05) is 51.1 Å². The highest BCUT2D eigenvalue weighted by atomic mass is 32.2. The lowest BCUT2D eigenvalue weighted by Crippen LogP contribution is -2.46. The molecule has 0 saturated heterocycles. The summed E-state index contributed by atoms with van der Waals surface area (Å²) >= 11 is 18.1. The topological polar surface area (TPSA) is 55.4 Å². The Bertz CT molecular complexity index is 765. The standard InChI is InChI=1S/C28H50O6S6Si2/c1-7-29-41(30-8-2,31-9-3)21-13-19-37-27(35)39-23-25-15-17-26(18-16-25)24-40-28(36)38-20-14-22-42(32-10-4,33-11-5)34-12-6/h15-18H,7-14,19-24H2,1-6H3. The van der Waals surface area contributed by atoms with Gasteiger partial charge in [0.05, 0.1) is 0 Å². The van der Waals surface area contributed by atoms with Crippen LogP contribution >= 0.6 is 71.5 Å². The first-order valence-corrected chi connectivity index (χ1v) is 23.4. The van der Waals surface area contributed by atoms with E-state index in [2.05, 4.69) is 24.3 Å². The summed E-state index contributed by atoms with van der Waals surface area (Å²) in [4.78, 5) is 0. The van der Waals surface area contributed by atoms with Gasteiger partial charge >= 0.3 is 17.6 Å². The molecular weight excluding hydrogens is 681 g/mol. The lowest BCUT2D eigenvalue weighted by Gasteiger charge is -2.28. The molecule has 0 aliphatic carbocycles. The van der Waals surface area contributed by atoms with Crippen LogP contribution in [0.3, 0.4) is 0 Å². The van der Waals surface area contributed by atoms with Crippen LogP contribution in [-0.4, -0.2) is 75.8 Å². The van der Waals surface area contributed by atoms with Crippen molar-refractivity contribution in [2.45, 2.75) is 78.0 Å². The third-order valence-corrected chi connectivity index (χ3v) is 17.6. The first kappa shape index (κ1) is 41.0. The van der Waals surface area contributed by atoms with E-state index in [1.165, 1.54) is 11.1 Å². The molecule has 0 bridgehead atoms. The molecule has 14 heteroatoms. The minimum absolute atomic E-state index is 0.610. The summed E-state index contributed by atoms with van der Waals surface area (Å²) in [5.41, 5.74) is 2.55. The van der Waals surface area contributed by atoms with Crippen molar-refractivity contribution in [3.05, 3.63) is 35.4 Å². The van der Waals surface area contributed by atoms with Crippen molar-refractivity contribution in [1.82, 2.24) is 0 Å². The van der Waals surface area contributed by atoms with E-state index in [9.17, 15) is 0 Å². The summed E-state index contributed by atoms with van der Waals surface area (Å²) in [6, 6.07) is 10.4. The van der Waals surface area contributed by atoms with Crippen molar-refractivity contribution in [1.29, 1.82) is 0 Å². The summed E-state index contributed by atoms with van der Waals surface area (Å²) < 4.78 is 37.6. The summed E-state index contributed by atoms with van der Waals surface area (Å²) in [6.07, 6.45) is 1.92. The van der Waals surface area contributed by atoms with Gasteiger partial charge in [-0.1, -0.05) is 48.7 Å². The highest BCUT2D eigenvalue weighted by molar-refractivity contribution is 8.47. The van der Waals surface area contributed by atoms with E-state index in [0.717, 1.165) is 55.0 Å². The SMILES string of the molecule is CCO[Si](CCCSC(=S)SCc1ccc(CSC(=S)SCCC[Si](OCC)(OCC)OCC)cc1)(OCC)OCC. The van der Waals surface area contributed by atoms with Crippen LogP contribution < -0.4 is 0 Å². The predicted octanol–water partition coefficient (Wildman–Crippen LogP) is 9.07. The maximum atomic E-state index is 5.94. The Morgan fingerprint density at radius 2 is 0.810 bits per heavy atom. The van der Waals surface area contributed by atoms with E-state index in [1.54, 1.807) is 47.0 Å². The van der Waals surface area contributed by atoms with E-state index < -0.39 is 17.6 Å². The fourth-order valence-corrected chi connectivity index (χ4v) is 14.0. The van der Waals surface area contributed by atoms with Gasteiger partial charge in [0.25, 0.3) is 0 Å². The molecular formula is C28H50O6S6Si2. The van der Waals surface area contributed by atoms with Gasteiger partial charge in [0.1, 0.15) is 7.06 Å². The van der Waals surface area contributed by atoms with Crippen LogP contribution in [0.4, 0.5) is 0 Å². The Balaban J connectivity index is 2.33.